The van der Waals surface area contributed by atoms with E-state index in [0.29, 0.717) is 18.0 Å². The van der Waals surface area contributed by atoms with Crippen molar-refractivity contribution in [1.29, 1.82) is 0 Å². The average molecular weight is 335 g/mol. The van der Waals surface area contributed by atoms with Crippen molar-refractivity contribution >= 4 is 34.4 Å². The lowest BCUT2D eigenvalue weighted by Crippen LogP contribution is -2.10. The number of nitrogens with one attached hydrogen (secondary N) is 1. The largest absolute Gasteiger partial charge is 0.480 e. The van der Waals surface area contributed by atoms with Crippen molar-refractivity contribution in [3.05, 3.63) is 35.5 Å². The molecule has 2 N–H and O–H groups in total. The third-order valence-electron chi connectivity index (χ3n) is 3.36. The van der Waals surface area contributed by atoms with Gasteiger partial charge in [0.25, 0.3) is 0 Å². The number of aryl methyl sites for hydroxylation is 1. The fraction of sp³-hybridized carbons (Fsp3) is 0.286. The highest BCUT2D eigenvalue weighted by atomic mass is 35.5. The van der Waals surface area contributed by atoms with E-state index in [9.17, 15) is 4.79 Å². The van der Waals surface area contributed by atoms with Crippen LogP contribution in [-0.4, -0.2) is 41.9 Å². The van der Waals surface area contributed by atoms with Gasteiger partial charge in [0.1, 0.15) is 18.0 Å². The number of aromatic nitrogens is 5. The number of carbonyl (C=O) groups is 1. The van der Waals surface area contributed by atoms with Crippen LogP contribution in [0.2, 0.25) is 5.28 Å². The minimum atomic E-state index is -0.941. The summed E-state index contributed by atoms with van der Waals surface area (Å²) in [5, 5.41) is 17.1. The van der Waals surface area contributed by atoms with E-state index < -0.39 is 5.97 Å². The Hall–Kier alpha value is -2.61. The molecule has 120 valence electrons. The summed E-state index contributed by atoms with van der Waals surface area (Å²) < 4.78 is 3.28. The van der Waals surface area contributed by atoms with Crippen LogP contribution in [0.4, 0.5) is 5.82 Å². The average Bonchev–Trinajstić information content (AvgIpc) is 3.06. The predicted molar refractivity (Wildman–Crippen MR) is 85.6 cm³/mol. The number of fused-ring (bicyclic) bond motifs is 1. The highest BCUT2D eigenvalue weighted by Crippen LogP contribution is 2.23. The smallest absolute Gasteiger partial charge is 0.323 e. The Bertz CT molecular complexity index is 856. The first-order valence-corrected chi connectivity index (χ1v) is 7.36. The summed E-state index contributed by atoms with van der Waals surface area (Å²) >= 11 is 5.95. The second-order valence-electron chi connectivity index (χ2n) is 5.11. The number of carboxylic acid groups (broad SMARTS) is 1. The second kappa shape index (κ2) is 6.25. The molecule has 0 radical (unpaired) electrons. The van der Waals surface area contributed by atoms with Crippen molar-refractivity contribution in [2.24, 2.45) is 7.05 Å². The maximum Gasteiger partial charge on any atom is 0.323 e. The maximum absolute atomic E-state index is 10.9. The first kappa shape index (κ1) is 15.3. The lowest BCUT2D eigenvalue weighted by atomic mass is 10.2. The molecule has 0 saturated carbocycles. The number of halogens is 1. The molecule has 8 nitrogen and oxygen atoms in total. The van der Waals surface area contributed by atoms with Gasteiger partial charge in [0.2, 0.25) is 5.28 Å². The van der Waals surface area contributed by atoms with E-state index in [-0.39, 0.29) is 11.8 Å². The number of hydrogen-bond donors (Lipinski definition) is 2. The summed E-state index contributed by atoms with van der Waals surface area (Å²) in [7, 11) is 1.87. The fourth-order valence-electron chi connectivity index (χ4n) is 2.37. The molecule has 0 fully saturated rings. The Kier molecular flexibility index (Phi) is 4.16. The van der Waals surface area contributed by atoms with Crippen molar-refractivity contribution in [2.45, 2.75) is 13.0 Å². The lowest BCUT2D eigenvalue weighted by Gasteiger charge is -2.07. The minimum Gasteiger partial charge on any atom is -0.480 e. The van der Waals surface area contributed by atoms with Gasteiger partial charge >= 0.3 is 5.97 Å². The Balaban J connectivity index is 1.79. The van der Waals surface area contributed by atoms with E-state index in [2.05, 4.69) is 20.4 Å². The highest BCUT2D eigenvalue weighted by molar-refractivity contribution is 6.28. The van der Waals surface area contributed by atoms with Crippen LogP contribution in [0.25, 0.3) is 11.0 Å². The maximum atomic E-state index is 10.9. The van der Waals surface area contributed by atoms with Gasteiger partial charge in [0, 0.05) is 26.0 Å². The van der Waals surface area contributed by atoms with Gasteiger partial charge < -0.3 is 15.0 Å². The topological polar surface area (TPSA) is 97.9 Å². The number of nitrogens with zero attached hydrogens (tertiary/aromatic N) is 5. The summed E-state index contributed by atoms with van der Waals surface area (Å²) in [5.41, 5.74) is 1.61. The zero-order valence-corrected chi connectivity index (χ0v) is 13.2. The van der Waals surface area contributed by atoms with Gasteiger partial charge in [-0.2, -0.15) is 10.1 Å². The van der Waals surface area contributed by atoms with Gasteiger partial charge in [-0.1, -0.05) is 0 Å². The molecule has 0 aliphatic heterocycles. The van der Waals surface area contributed by atoms with E-state index in [1.165, 1.54) is 4.57 Å². The Morgan fingerprint density at radius 3 is 2.96 bits per heavy atom. The molecule has 3 rings (SSSR count). The van der Waals surface area contributed by atoms with Crippen molar-refractivity contribution in [2.75, 3.05) is 11.9 Å². The monoisotopic (exact) mass is 334 g/mol. The third-order valence-corrected chi connectivity index (χ3v) is 3.53. The normalized spacial score (nSPS) is 11.0. The van der Waals surface area contributed by atoms with Crippen molar-refractivity contribution in [3.63, 3.8) is 0 Å². The van der Waals surface area contributed by atoms with Crippen LogP contribution in [0.1, 0.15) is 5.56 Å². The zero-order chi connectivity index (χ0) is 16.4. The molecule has 0 aromatic carbocycles. The van der Waals surface area contributed by atoms with Crippen molar-refractivity contribution in [1.82, 2.24) is 24.3 Å². The minimum absolute atomic E-state index is 0.0757. The van der Waals surface area contributed by atoms with Gasteiger partial charge in [0.15, 0.2) is 0 Å². The van der Waals surface area contributed by atoms with E-state index in [0.717, 1.165) is 17.4 Å². The fourth-order valence-corrected chi connectivity index (χ4v) is 2.54. The molecular weight excluding hydrogens is 320 g/mol. The molecule has 0 spiro atoms. The van der Waals surface area contributed by atoms with Crippen LogP contribution in [0, 0.1) is 0 Å². The molecule has 9 heteroatoms. The van der Waals surface area contributed by atoms with Crippen molar-refractivity contribution in [3.8, 4) is 0 Å². The number of hydrogen-bond acceptors (Lipinski definition) is 5. The molecule has 3 heterocycles. The lowest BCUT2D eigenvalue weighted by molar-refractivity contribution is -0.137. The van der Waals surface area contributed by atoms with Gasteiger partial charge in [0.05, 0.1) is 11.6 Å². The van der Waals surface area contributed by atoms with Crippen LogP contribution in [0.15, 0.2) is 24.7 Å². The zero-order valence-electron chi connectivity index (χ0n) is 12.4. The van der Waals surface area contributed by atoms with E-state index in [1.807, 2.05) is 19.4 Å². The SMILES string of the molecule is Cn1cc(CCNc2nc(Cl)nc3c2ccn3CC(=O)O)cn1. The molecule has 3 aromatic rings. The van der Waals surface area contributed by atoms with Gasteiger partial charge in [-0.25, -0.2) is 4.98 Å². The van der Waals surface area contributed by atoms with Crippen LogP contribution < -0.4 is 5.32 Å². The van der Waals surface area contributed by atoms with E-state index in [1.54, 1.807) is 16.9 Å². The molecule has 0 aliphatic carbocycles. The summed E-state index contributed by atoms with van der Waals surface area (Å²) in [6.07, 6.45) is 6.21. The van der Waals surface area contributed by atoms with Gasteiger partial charge in [-0.3, -0.25) is 9.48 Å². The Morgan fingerprint density at radius 1 is 1.43 bits per heavy atom. The predicted octanol–water partition coefficient (Wildman–Crippen LogP) is 1.56. The number of carboxylic acids is 1. The molecule has 23 heavy (non-hydrogen) atoms. The summed E-state index contributed by atoms with van der Waals surface area (Å²) in [6, 6.07) is 1.78. The molecule has 0 saturated heterocycles. The molecule has 0 aliphatic rings. The molecular formula is C14H15ClN6O2. The van der Waals surface area contributed by atoms with Crippen LogP contribution >= 0.6 is 11.6 Å². The van der Waals surface area contributed by atoms with Crippen LogP contribution in [0.5, 0.6) is 0 Å². The number of aliphatic carboxylic acids is 1. The molecule has 0 atom stereocenters. The molecule has 0 unspecified atom stereocenters. The van der Waals surface area contributed by atoms with Gasteiger partial charge in [-0.05, 0) is 29.7 Å². The standard InChI is InChI=1S/C14H15ClN6O2/c1-20-7-9(6-17-20)2-4-16-12-10-3-5-21(8-11(22)23)13(10)19-14(15)18-12/h3,5-7H,2,4,8H2,1H3,(H,22,23)(H,16,18,19). The number of anilines is 1. The van der Waals surface area contributed by atoms with Crippen LogP contribution in [-0.2, 0) is 24.8 Å². The van der Waals surface area contributed by atoms with Gasteiger partial charge in [-0.15, -0.1) is 0 Å². The summed E-state index contributed by atoms with van der Waals surface area (Å²) in [6.45, 7) is 0.476. The first-order chi connectivity index (χ1) is 11.0. The summed E-state index contributed by atoms with van der Waals surface area (Å²) in [5.74, 6) is -0.351. The van der Waals surface area contributed by atoms with Crippen molar-refractivity contribution < 1.29 is 9.90 Å². The highest BCUT2D eigenvalue weighted by Gasteiger charge is 2.12. The first-order valence-electron chi connectivity index (χ1n) is 6.98. The van der Waals surface area contributed by atoms with E-state index >= 15 is 0 Å². The summed E-state index contributed by atoms with van der Waals surface area (Å²) in [4.78, 5) is 19.2. The number of rotatable bonds is 6. The van der Waals surface area contributed by atoms with E-state index in [4.69, 9.17) is 16.7 Å². The molecule has 3 aromatic heterocycles. The third kappa shape index (κ3) is 3.42. The quantitative estimate of drug-likeness (QED) is 0.664. The Morgan fingerprint density at radius 2 is 2.26 bits per heavy atom. The molecule has 0 bridgehead atoms. The second-order valence-corrected chi connectivity index (χ2v) is 5.45. The van der Waals surface area contributed by atoms with Crippen LogP contribution in [0.3, 0.4) is 0 Å². The Labute approximate surface area is 136 Å². The molecule has 0 amide bonds.